The number of nitrogens with one attached hydrogen (secondary N) is 1. The van der Waals surface area contributed by atoms with E-state index in [-0.39, 0.29) is 22.4 Å². The zero-order chi connectivity index (χ0) is 19.7. The van der Waals surface area contributed by atoms with Crippen LogP contribution >= 0.6 is 0 Å². The number of fused-ring (bicyclic) bond motifs is 1. The number of rotatable bonds is 5. The van der Waals surface area contributed by atoms with Gasteiger partial charge in [-0.3, -0.25) is 5.32 Å². The summed E-state index contributed by atoms with van der Waals surface area (Å²) < 4.78 is 26.5. The van der Waals surface area contributed by atoms with Crippen LogP contribution in [0.15, 0.2) is 47.4 Å². The average molecular weight is 390 g/mol. The molecule has 0 aromatic heterocycles. The van der Waals surface area contributed by atoms with Gasteiger partial charge in [0.05, 0.1) is 16.7 Å². The van der Waals surface area contributed by atoms with Gasteiger partial charge in [-0.05, 0) is 30.0 Å². The molecule has 0 spiro atoms. The van der Waals surface area contributed by atoms with Gasteiger partial charge in [0, 0.05) is 11.6 Å². The molecule has 2 aromatic carbocycles. The predicted octanol–water partition coefficient (Wildman–Crippen LogP) is 3.90. The molecule has 1 aliphatic rings. The number of hydrogen-bond donors (Lipinski definition) is 3. The molecule has 0 saturated carbocycles. The normalized spacial score (nSPS) is 24.1. The molecule has 0 radical (unpaired) electrons. The van der Waals surface area contributed by atoms with Crippen LogP contribution in [-0.4, -0.2) is 29.9 Å². The fraction of sp³-hybridized carbons (Fsp3) is 0.429. The van der Waals surface area contributed by atoms with Gasteiger partial charge in [-0.2, -0.15) is 0 Å². The molecule has 0 bridgehead atoms. The minimum atomic E-state index is -3.64. The molecule has 1 heterocycles. The highest BCUT2D eigenvalue weighted by molar-refractivity contribution is 7.91. The second-order valence-corrected chi connectivity index (χ2v) is 9.32. The van der Waals surface area contributed by atoms with Crippen molar-refractivity contribution in [3.05, 3.63) is 53.6 Å². The van der Waals surface area contributed by atoms with Gasteiger partial charge in [-0.1, -0.05) is 57.0 Å². The largest absolute Gasteiger partial charge is 0.504 e. The van der Waals surface area contributed by atoms with Gasteiger partial charge in [0.2, 0.25) is 0 Å². The molecule has 0 aliphatic carbocycles. The summed E-state index contributed by atoms with van der Waals surface area (Å²) in [4.78, 5) is 0.0889. The van der Waals surface area contributed by atoms with Gasteiger partial charge in [0.1, 0.15) is 0 Å². The first-order valence-corrected chi connectivity index (χ1v) is 11.1. The third kappa shape index (κ3) is 3.82. The molecule has 0 saturated heterocycles. The molecule has 3 rings (SSSR count). The molecular weight excluding hydrogens is 362 g/mol. The van der Waals surface area contributed by atoms with Crippen molar-refractivity contribution in [3.8, 4) is 11.5 Å². The lowest BCUT2D eigenvalue weighted by molar-refractivity contribution is 0.294. The molecule has 1 aliphatic heterocycles. The Balaban J connectivity index is 2.24. The van der Waals surface area contributed by atoms with E-state index < -0.39 is 21.1 Å². The van der Waals surface area contributed by atoms with Gasteiger partial charge in [-0.25, -0.2) is 8.42 Å². The van der Waals surface area contributed by atoms with Crippen molar-refractivity contribution in [2.75, 3.05) is 5.75 Å². The van der Waals surface area contributed by atoms with Crippen LogP contribution in [0.25, 0.3) is 0 Å². The summed E-state index contributed by atoms with van der Waals surface area (Å²) in [6, 6.07) is 11.8. The van der Waals surface area contributed by atoms with Crippen molar-refractivity contribution in [1.29, 1.82) is 0 Å². The van der Waals surface area contributed by atoms with E-state index in [1.54, 1.807) is 0 Å². The summed E-state index contributed by atoms with van der Waals surface area (Å²) >= 11 is 0. The van der Waals surface area contributed by atoms with Crippen molar-refractivity contribution in [2.45, 2.75) is 56.0 Å². The first-order chi connectivity index (χ1) is 12.8. The van der Waals surface area contributed by atoms with E-state index in [2.05, 4.69) is 12.2 Å². The van der Waals surface area contributed by atoms with Crippen molar-refractivity contribution < 1.29 is 18.6 Å². The summed E-state index contributed by atoms with van der Waals surface area (Å²) in [5, 5.41) is 23.6. The van der Waals surface area contributed by atoms with Crippen LogP contribution in [0.4, 0.5) is 0 Å². The Bertz CT molecular complexity index is 911. The van der Waals surface area contributed by atoms with Crippen LogP contribution in [0.5, 0.6) is 11.5 Å². The Morgan fingerprint density at radius 2 is 1.78 bits per heavy atom. The first-order valence-electron chi connectivity index (χ1n) is 9.43. The van der Waals surface area contributed by atoms with E-state index in [4.69, 9.17) is 0 Å². The number of hydrogen-bond acceptors (Lipinski definition) is 5. The summed E-state index contributed by atoms with van der Waals surface area (Å²) in [6.45, 7) is 4.10. The summed E-state index contributed by atoms with van der Waals surface area (Å²) in [5.74, 6) is -0.761. The minimum Gasteiger partial charge on any atom is -0.504 e. The lowest BCUT2D eigenvalue weighted by Crippen LogP contribution is -2.50. The smallest absolute Gasteiger partial charge is 0.180 e. The minimum absolute atomic E-state index is 0.0307. The highest BCUT2D eigenvalue weighted by Gasteiger charge is 2.42. The highest BCUT2D eigenvalue weighted by Crippen LogP contribution is 2.42. The lowest BCUT2D eigenvalue weighted by atomic mass is 9.88. The van der Waals surface area contributed by atoms with E-state index >= 15 is 0 Å². The Hall–Kier alpha value is -2.05. The van der Waals surface area contributed by atoms with Crippen molar-refractivity contribution in [1.82, 2.24) is 5.32 Å². The average Bonchev–Trinajstić information content (AvgIpc) is 2.75. The molecule has 146 valence electrons. The SMILES string of the molecule is CCCC[C@]1(CC)CS(=O)(=O)c2cc(O)c(O)cc2[C@@H](c2ccccc2)N1. The Morgan fingerprint density at radius 1 is 1.11 bits per heavy atom. The molecule has 0 unspecified atom stereocenters. The zero-order valence-corrected chi connectivity index (χ0v) is 16.6. The van der Waals surface area contributed by atoms with Crippen molar-refractivity contribution in [3.63, 3.8) is 0 Å². The second kappa shape index (κ2) is 7.52. The molecule has 6 heteroatoms. The Labute approximate surface area is 161 Å². The number of aromatic hydroxyl groups is 2. The molecule has 2 atom stereocenters. The van der Waals surface area contributed by atoms with Gasteiger partial charge >= 0.3 is 0 Å². The van der Waals surface area contributed by atoms with E-state index in [9.17, 15) is 18.6 Å². The van der Waals surface area contributed by atoms with Gasteiger partial charge in [0.15, 0.2) is 21.3 Å². The fourth-order valence-electron chi connectivity index (χ4n) is 3.88. The monoisotopic (exact) mass is 389 g/mol. The molecule has 2 aromatic rings. The standard InChI is InChI=1S/C21H27NO4S/c1-3-5-11-21(4-2)14-27(25,26)19-13-18(24)17(23)12-16(19)20(22-21)15-9-7-6-8-10-15/h6-10,12-13,20,22-24H,3-5,11,14H2,1-2H3/t20-,21-/m1/s1. The number of phenols is 2. The van der Waals surface area contributed by atoms with Crippen LogP contribution in [-0.2, 0) is 9.84 Å². The number of unbranched alkanes of at least 4 members (excludes halogenated alkanes) is 1. The maximum absolute atomic E-state index is 13.2. The quantitative estimate of drug-likeness (QED) is 0.675. The van der Waals surface area contributed by atoms with Gasteiger partial charge in [0.25, 0.3) is 0 Å². The van der Waals surface area contributed by atoms with E-state index in [1.165, 1.54) is 12.1 Å². The van der Waals surface area contributed by atoms with Crippen molar-refractivity contribution in [2.24, 2.45) is 0 Å². The predicted molar refractivity (Wildman–Crippen MR) is 106 cm³/mol. The first kappa shape index (κ1) is 19.7. The summed E-state index contributed by atoms with van der Waals surface area (Å²) in [6.07, 6.45) is 3.31. The summed E-state index contributed by atoms with van der Waals surface area (Å²) in [5.41, 5.74) is 0.832. The van der Waals surface area contributed by atoms with E-state index in [1.807, 2.05) is 37.3 Å². The number of phenolic OH excluding ortho intramolecular Hbond substituents is 2. The number of benzene rings is 2. The van der Waals surface area contributed by atoms with Crippen LogP contribution < -0.4 is 5.32 Å². The summed E-state index contributed by atoms with van der Waals surface area (Å²) in [7, 11) is -3.64. The van der Waals surface area contributed by atoms with Crippen LogP contribution in [0.1, 0.15) is 56.7 Å². The maximum atomic E-state index is 13.2. The molecule has 0 fully saturated rings. The fourth-order valence-corrected chi connectivity index (χ4v) is 6.03. The third-order valence-electron chi connectivity index (χ3n) is 5.49. The zero-order valence-electron chi connectivity index (χ0n) is 15.8. The topological polar surface area (TPSA) is 86.6 Å². The van der Waals surface area contributed by atoms with Crippen LogP contribution in [0, 0.1) is 0 Å². The van der Waals surface area contributed by atoms with Crippen LogP contribution in [0.2, 0.25) is 0 Å². The molecule has 27 heavy (non-hydrogen) atoms. The third-order valence-corrected chi connectivity index (χ3v) is 7.44. The maximum Gasteiger partial charge on any atom is 0.180 e. The Morgan fingerprint density at radius 3 is 2.41 bits per heavy atom. The van der Waals surface area contributed by atoms with E-state index in [0.29, 0.717) is 12.0 Å². The van der Waals surface area contributed by atoms with Crippen molar-refractivity contribution >= 4 is 9.84 Å². The lowest BCUT2D eigenvalue weighted by Gasteiger charge is -2.35. The van der Waals surface area contributed by atoms with E-state index in [0.717, 1.165) is 24.8 Å². The molecule has 5 nitrogen and oxygen atoms in total. The second-order valence-electron chi connectivity index (χ2n) is 7.36. The molecule has 0 amide bonds. The van der Waals surface area contributed by atoms with Gasteiger partial charge < -0.3 is 10.2 Å². The Kier molecular flexibility index (Phi) is 5.49. The van der Waals surface area contributed by atoms with Crippen LogP contribution in [0.3, 0.4) is 0 Å². The highest BCUT2D eigenvalue weighted by atomic mass is 32.2. The number of sulfone groups is 1. The molecule has 3 N–H and O–H groups in total. The molecular formula is C21H27NO4S. The van der Waals surface area contributed by atoms with Gasteiger partial charge in [-0.15, -0.1) is 0 Å².